The molecule has 3 N–H and O–H groups in total. The van der Waals surface area contributed by atoms with Crippen molar-refractivity contribution in [3.63, 3.8) is 0 Å². The summed E-state index contributed by atoms with van der Waals surface area (Å²) in [6.07, 6.45) is 0. The fourth-order valence-electron chi connectivity index (χ4n) is 2.06. The third kappa shape index (κ3) is 6.13. The van der Waals surface area contributed by atoms with E-state index < -0.39 is 30.4 Å². The lowest BCUT2D eigenvalue weighted by molar-refractivity contribution is -0.120. The molecule has 0 atom stereocenters. The second-order valence-corrected chi connectivity index (χ2v) is 5.47. The van der Waals surface area contributed by atoms with Gasteiger partial charge in [-0.05, 0) is 48.5 Å². The van der Waals surface area contributed by atoms with E-state index in [9.17, 15) is 19.2 Å². The molecule has 0 saturated carbocycles. The van der Waals surface area contributed by atoms with E-state index in [-0.39, 0.29) is 12.2 Å². The van der Waals surface area contributed by atoms with Gasteiger partial charge in [0, 0.05) is 5.69 Å². The van der Waals surface area contributed by atoms with E-state index in [1.165, 1.54) is 55.6 Å². The molecule has 0 aliphatic carbocycles. The SMILES string of the molecule is COC(=O)c1ccc(NC(=O)COC(=O)c2ccc(OCC(N)=O)cc2)cc1. The van der Waals surface area contributed by atoms with E-state index in [2.05, 4.69) is 10.1 Å². The summed E-state index contributed by atoms with van der Waals surface area (Å²) < 4.78 is 14.6. The second-order valence-electron chi connectivity index (χ2n) is 5.47. The second kappa shape index (κ2) is 9.72. The molecule has 0 unspecified atom stereocenters. The van der Waals surface area contributed by atoms with Gasteiger partial charge in [0.2, 0.25) is 0 Å². The van der Waals surface area contributed by atoms with Crippen molar-refractivity contribution in [1.29, 1.82) is 0 Å². The van der Waals surface area contributed by atoms with Crippen LogP contribution in [0.3, 0.4) is 0 Å². The molecule has 146 valence electrons. The smallest absolute Gasteiger partial charge is 0.338 e. The summed E-state index contributed by atoms with van der Waals surface area (Å²) in [6.45, 7) is -0.762. The van der Waals surface area contributed by atoms with Crippen molar-refractivity contribution < 1.29 is 33.4 Å². The zero-order chi connectivity index (χ0) is 20.5. The number of ether oxygens (including phenoxy) is 3. The fourth-order valence-corrected chi connectivity index (χ4v) is 2.06. The predicted octanol–water partition coefficient (Wildman–Crippen LogP) is 1.13. The molecule has 0 radical (unpaired) electrons. The van der Waals surface area contributed by atoms with Crippen molar-refractivity contribution >= 4 is 29.4 Å². The lowest BCUT2D eigenvalue weighted by Gasteiger charge is -2.08. The number of carbonyl (C=O) groups excluding carboxylic acids is 4. The van der Waals surface area contributed by atoms with Crippen molar-refractivity contribution in [2.75, 3.05) is 25.6 Å². The molecule has 9 nitrogen and oxygen atoms in total. The Hall–Kier alpha value is -3.88. The maximum absolute atomic E-state index is 12.0. The molecule has 28 heavy (non-hydrogen) atoms. The number of carbonyl (C=O) groups is 4. The molecule has 0 aromatic heterocycles. The average molecular weight is 386 g/mol. The molecule has 0 aliphatic heterocycles. The number of esters is 2. The van der Waals surface area contributed by atoms with Crippen LogP contribution in [0.4, 0.5) is 5.69 Å². The minimum Gasteiger partial charge on any atom is -0.484 e. The van der Waals surface area contributed by atoms with E-state index in [4.69, 9.17) is 15.2 Å². The number of benzene rings is 2. The Bertz CT molecular complexity index is 861. The van der Waals surface area contributed by atoms with Gasteiger partial charge in [-0.1, -0.05) is 0 Å². The first-order chi connectivity index (χ1) is 13.4. The van der Waals surface area contributed by atoms with Crippen molar-refractivity contribution in [3.05, 3.63) is 59.7 Å². The summed E-state index contributed by atoms with van der Waals surface area (Å²) in [5, 5.41) is 2.54. The third-order valence-electron chi connectivity index (χ3n) is 3.40. The van der Waals surface area contributed by atoms with Gasteiger partial charge >= 0.3 is 11.9 Å². The number of hydrogen-bond acceptors (Lipinski definition) is 7. The molecule has 0 aliphatic rings. The average Bonchev–Trinajstić information content (AvgIpc) is 2.70. The van der Waals surface area contributed by atoms with Crippen LogP contribution in [-0.2, 0) is 19.1 Å². The zero-order valence-electron chi connectivity index (χ0n) is 15.0. The highest BCUT2D eigenvalue weighted by Gasteiger charge is 2.11. The fraction of sp³-hybridized carbons (Fsp3) is 0.158. The first kappa shape index (κ1) is 20.4. The molecule has 2 aromatic rings. The molecular formula is C19H18N2O7. The number of hydrogen-bond donors (Lipinski definition) is 2. The largest absolute Gasteiger partial charge is 0.484 e. The number of methoxy groups -OCH3 is 1. The zero-order valence-corrected chi connectivity index (χ0v) is 15.0. The van der Waals surface area contributed by atoms with Gasteiger partial charge < -0.3 is 25.3 Å². The molecular weight excluding hydrogens is 368 g/mol. The molecule has 2 amide bonds. The van der Waals surface area contributed by atoms with E-state index in [0.29, 0.717) is 17.0 Å². The van der Waals surface area contributed by atoms with Crippen molar-refractivity contribution in [1.82, 2.24) is 0 Å². The van der Waals surface area contributed by atoms with Crippen LogP contribution in [0.1, 0.15) is 20.7 Å². The normalized spacial score (nSPS) is 9.89. The lowest BCUT2D eigenvalue weighted by Crippen LogP contribution is -2.21. The van der Waals surface area contributed by atoms with Crippen molar-refractivity contribution in [3.8, 4) is 5.75 Å². The standard InChI is InChI=1S/C19H18N2O7/c1-26-18(24)12-2-6-14(7-3-12)21-17(23)11-28-19(25)13-4-8-15(9-5-13)27-10-16(20)22/h2-9H,10-11H2,1H3,(H2,20,22)(H,21,23). The lowest BCUT2D eigenvalue weighted by atomic mass is 10.2. The monoisotopic (exact) mass is 386 g/mol. The van der Waals surface area contributed by atoms with Crippen molar-refractivity contribution in [2.24, 2.45) is 5.73 Å². The third-order valence-corrected chi connectivity index (χ3v) is 3.40. The summed E-state index contributed by atoms with van der Waals surface area (Å²) in [6, 6.07) is 11.9. The summed E-state index contributed by atoms with van der Waals surface area (Å²) in [7, 11) is 1.27. The summed E-state index contributed by atoms with van der Waals surface area (Å²) in [5.41, 5.74) is 5.96. The summed E-state index contributed by atoms with van der Waals surface area (Å²) >= 11 is 0. The molecule has 2 aromatic carbocycles. The van der Waals surface area contributed by atoms with Gasteiger partial charge in [0.25, 0.3) is 11.8 Å². The number of anilines is 1. The maximum atomic E-state index is 12.0. The molecule has 0 spiro atoms. The van der Waals surface area contributed by atoms with Crippen LogP contribution in [0.5, 0.6) is 5.75 Å². The maximum Gasteiger partial charge on any atom is 0.338 e. The highest BCUT2D eigenvalue weighted by molar-refractivity contribution is 5.96. The topological polar surface area (TPSA) is 134 Å². The van der Waals surface area contributed by atoms with Gasteiger partial charge in [-0.25, -0.2) is 9.59 Å². The van der Waals surface area contributed by atoms with Gasteiger partial charge in [0.05, 0.1) is 18.2 Å². The molecule has 2 rings (SSSR count). The first-order valence-electron chi connectivity index (χ1n) is 8.05. The van der Waals surface area contributed by atoms with Gasteiger partial charge in [0.15, 0.2) is 13.2 Å². The number of nitrogens with two attached hydrogens (primary N) is 1. The van der Waals surface area contributed by atoms with E-state index >= 15 is 0 Å². The van der Waals surface area contributed by atoms with E-state index in [1.807, 2.05) is 0 Å². The molecule has 0 fully saturated rings. The minimum absolute atomic E-state index is 0.210. The van der Waals surface area contributed by atoms with Crippen LogP contribution in [0.2, 0.25) is 0 Å². The Kier molecular flexibility index (Phi) is 7.09. The van der Waals surface area contributed by atoms with Crippen LogP contribution < -0.4 is 15.8 Å². The van der Waals surface area contributed by atoms with Crippen molar-refractivity contribution in [2.45, 2.75) is 0 Å². The van der Waals surface area contributed by atoms with Crippen LogP contribution in [-0.4, -0.2) is 44.1 Å². The van der Waals surface area contributed by atoms with Crippen LogP contribution >= 0.6 is 0 Å². The summed E-state index contributed by atoms with van der Waals surface area (Å²) in [5.74, 6) is -1.98. The number of amides is 2. The van der Waals surface area contributed by atoms with Gasteiger partial charge in [-0.15, -0.1) is 0 Å². The molecule has 0 heterocycles. The number of primary amides is 1. The molecule has 0 saturated heterocycles. The van der Waals surface area contributed by atoms with Crippen LogP contribution in [0.15, 0.2) is 48.5 Å². The highest BCUT2D eigenvalue weighted by Crippen LogP contribution is 2.13. The first-order valence-corrected chi connectivity index (χ1v) is 8.05. The van der Waals surface area contributed by atoms with Crippen LogP contribution in [0, 0.1) is 0 Å². The Balaban J connectivity index is 1.82. The molecule has 0 bridgehead atoms. The molecule has 9 heteroatoms. The Morgan fingerprint density at radius 1 is 0.857 bits per heavy atom. The van der Waals surface area contributed by atoms with Crippen LogP contribution in [0.25, 0.3) is 0 Å². The Morgan fingerprint density at radius 3 is 2.00 bits per heavy atom. The number of rotatable bonds is 8. The minimum atomic E-state index is -0.697. The Labute approximate surface area is 160 Å². The van der Waals surface area contributed by atoms with Gasteiger partial charge in [0.1, 0.15) is 5.75 Å². The van der Waals surface area contributed by atoms with Gasteiger partial charge in [-0.3, -0.25) is 9.59 Å². The number of nitrogens with one attached hydrogen (secondary N) is 1. The quantitative estimate of drug-likeness (QED) is 0.650. The Morgan fingerprint density at radius 2 is 1.43 bits per heavy atom. The van der Waals surface area contributed by atoms with E-state index in [0.717, 1.165) is 0 Å². The van der Waals surface area contributed by atoms with E-state index in [1.54, 1.807) is 0 Å². The highest BCUT2D eigenvalue weighted by atomic mass is 16.5. The summed E-state index contributed by atoms with van der Waals surface area (Å²) in [4.78, 5) is 45.8. The predicted molar refractivity (Wildman–Crippen MR) is 97.8 cm³/mol. The van der Waals surface area contributed by atoms with Gasteiger partial charge in [-0.2, -0.15) is 0 Å².